The Kier molecular flexibility index (Phi) is 7.06. The number of likely N-dealkylation sites (N-methyl/N-ethyl adjacent to an activating group) is 1. The maximum atomic E-state index is 14.4. The molecule has 6 heteroatoms. The Morgan fingerprint density at radius 3 is 2.66 bits per heavy atom. The van der Waals surface area contributed by atoms with Crippen molar-refractivity contribution in [3.63, 3.8) is 0 Å². The fourth-order valence-corrected chi connectivity index (χ4v) is 4.48. The lowest BCUT2D eigenvalue weighted by Crippen LogP contribution is -2.60. The molecule has 0 amide bonds. The Balaban J connectivity index is 1.87. The summed E-state index contributed by atoms with van der Waals surface area (Å²) in [4.78, 5) is 2.14. The average molecular weight is 441 g/mol. The minimum Gasteiger partial charge on any atom is -0.381 e. The Labute approximate surface area is 190 Å². The minimum absolute atomic E-state index is 0.0153. The van der Waals surface area contributed by atoms with E-state index < -0.39 is 17.3 Å². The Bertz CT molecular complexity index is 1020. The van der Waals surface area contributed by atoms with E-state index in [1.165, 1.54) is 19.1 Å². The molecule has 2 aliphatic rings. The summed E-state index contributed by atoms with van der Waals surface area (Å²) >= 11 is 0. The molecule has 0 radical (unpaired) electrons. The molecule has 1 saturated heterocycles. The van der Waals surface area contributed by atoms with Crippen molar-refractivity contribution in [2.45, 2.75) is 52.2 Å². The van der Waals surface area contributed by atoms with Gasteiger partial charge in [-0.1, -0.05) is 32.7 Å². The average Bonchev–Trinajstić information content (AvgIpc) is 2.73. The van der Waals surface area contributed by atoms with E-state index in [2.05, 4.69) is 42.2 Å². The number of halogens is 2. The molecule has 1 unspecified atom stereocenters. The fourth-order valence-electron chi connectivity index (χ4n) is 4.48. The summed E-state index contributed by atoms with van der Waals surface area (Å²) in [6.45, 7) is 19.8. The summed E-state index contributed by atoms with van der Waals surface area (Å²) in [5.41, 5.74) is 12.0. The van der Waals surface area contributed by atoms with E-state index in [1.54, 1.807) is 0 Å². The largest absolute Gasteiger partial charge is 0.381 e. The highest BCUT2D eigenvalue weighted by atomic mass is 19.1. The van der Waals surface area contributed by atoms with Gasteiger partial charge in [-0.05, 0) is 62.4 Å². The molecule has 4 N–H and O–H groups in total. The summed E-state index contributed by atoms with van der Waals surface area (Å²) < 4.78 is 28.0. The minimum atomic E-state index is -0.551. The van der Waals surface area contributed by atoms with Crippen LogP contribution < -0.4 is 16.4 Å². The number of hydrogen-bond donors (Lipinski definition) is 3. The highest BCUT2D eigenvalue weighted by Gasteiger charge is 2.33. The summed E-state index contributed by atoms with van der Waals surface area (Å²) in [7, 11) is 0. The molecular formula is C26H34F2N4. The molecule has 32 heavy (non-hydrogen) atoms. The number of nitrogens with zero attached hydrogens (tertiary/aromatic N) is 1. The lowest BCUT2D eigenvalue weighted by molar-refractivity contribution is 0.232. The summed E-state index contributed by atoms with van der Waals surface area (Å²) in [6.07, 6.45) is 4.68. The zero-order chi connectivity index (χ0) is 23.6. The first-order chi connectivity index (χ1) is 15.1. The molecule has 4 nitrogen and oxygen atoms in total. The number of hydrogen-bond acceptors (Lipinski definition) is 4. The summed E-state index contributed by atoms with van der Waals surface area (Å²) in [6, 6.07) is 2.73. The second kappa shape index (κ2) is 9.43. The Hall–Kier alpha value is -2.70. The lowest BCUT2D eigenvalue weighted by Gasteiger charge is -2.42. The first kappa shape index (κ1) is 24.0. The van der Waals surface area contributed by atoms with Crippen LogP contribution in [0.25, 0.3) is 0 Å². The van der Waals surface area contributed by atoms with Crippen molar-refractivity contribution in [2.24, 2.45) is 5.73 Å². The second-order valence-corrected chi connectivity index (χ2v) is 8.74. The van der Waals surface area contributed by atoms with Gasteiger partial charge in [0.15, 0.2) is 0 Å². The molecule has 1 aromatic rings. The van der Waals surface area contributed by atoms with Crippen LogP contribution in [0.2, 0.25) is 0 Å². The van der Waals surface area contributed by atoms with Crippen LogP contribution >= 0.6 is 0 Å². The summed E-state index contributed by atoms with van der Waals surface area (Å²) in [5.74, 6) is -1.09. The smallest absolute Gasteiger partial charge is 0.134 e. The number of allylic oxidation sites excluding steroid dienone is 3. The molecule has 1 fully saturated rings. The van der Waals surface area contributed by atoms with Crippen molar-refractivity contribution in [3.05, 3.63) is 94.5 Å². The normalized spacial score (nSPS) is 21.7. The highest BCUT2D eigenvalue weighted by molar-refractivity contribution is 5.59. The first-order valence-corrected chi connectivity index (χ1v) is 11.1. The van der Waals surface area contributed by atoms with E-state index in [4.69, 9.17) is 5.73 Å². The molecule has 2 heterocycles. The van der Waals surface area contributed by atoms with Gasteiger partial charge in [-0.3, -0.25) is 5.32 Å². The van der Waals surface area contributed by atoms with Crippen LogP contribution in [0.4, 0.5) is 8.78 Å². The third-order valence-electron chi connectivity index (χ3n) is 6.34. The maximum Gasteiger partial charge on any atom is 0.134 e. The van der Waals surface area contributed by atoms with Gasteiger partial charge in [-0.2, -0.15) is 0 Å². The summed E-state index contributed by atoms with van der Waals surface area (Å²) in [5, 5.41) is 6.61. The molecule has 1 aromatic carbocycles. The van der Waals surface area contributed by atoms with Crippen molar-refractivity contribution in [1.29, 1.82) is 0 Å². The fraction of sp³-hybridized carbons (Fsp3) is 0.385. The van der Waals surface area contributed by atoms with Gasteiger partial charge in [-0.25, -0.2) is 8.78 Å². The van der Waals surface area contributed by atoms with Crippen molar-refractivity contribution in [1.82, 2.24) is 15.5 Å². The monoisotopic (exact) mass is 440 g/mol. The quantitative estimate of drug-likeness (QED) is 0.550. The number of benzene rings is 1. The number of fused-ring (bicyclic) bond motifs is 1. The zero-order valence-electron chi connectivity index (χ0n) is 19.4. The lowest BCUT2D eigenvalue weighted by atomic mass is 9.87. The molecule has 172 valence electrons. The van der Waals surface area contributed by atoms with Crippen LogP contribution in [0.15, 0.2) is 71.8 Å². The van der Waals surface area contributed by atoms with Gasteiger partial charge in [0.2, 0.25) is 0 Å². The van der Waals surface area contributed by atoms with Crippen LogP contribution in [0.1, 0.15) is 44.2 Å². The SMILES string of the molecule is C=C1CCCC(N)(NCC)CN2C=C(C(=C)NCc3ccc(F)c(C)c3F)C(=C)C(C)=C12. The number of rotatable bonds is 6. The van der Waals surface area contributed by atoms with Crippen molar-refractivity contribution in [2.75, 3.05) is 13.1 Å². The van der Waals surface area contributed by atoms with Crippen LogP contribution in [-0.4, -0.2) is 23.7 Å². The second-order valence-electron chi connectivity index (χ2n) is 8.74. The van der Waals surface area contributed by atoms with E-state index in [0.717, 1.165) is 53.8 Å². The molecule has 0 aromatic heterocycles. The van der Waals surface area contributed by atoms with E-state index in [9.17, 15) is 8.78 Å². The van der Waals surface area contributed by atoms with E-state index in [1.807, 2.05) is 13.1 Å². The number of nitrogens with two attached hydrogens (primary N) is 1. The molecule has 1 atom stereocenters. The van der Waals surface area contributed by atoms with E-state index in [-0.39, 0.29) is 12.1 Å². The molecule has 0 bridgehead atoms. The first-order valence-electron chi connectivity index (χ1n) is 11.1. The van der Waals surface area contributed by atoms with Gasteiger partial charge in [0, 0.05) is 40.8 Å². The predicted molar refractivity (Wildman–Crippen MR) is 127 cm³/mol. The zero-order valence-corrected chi connectivity index (χ0v) is 19.4. The van der Waals surface area contributed by atoms with Gasteiger partial charge >= 0.3 is 0 Å². The van der Waals surface area contributed by atoms with Crippen molar-refractivity contribution >= 4 is 0 Å². The topological polar surface area (TPSA) is 53.3 Å². The van der Waals surface area contributed by atoms with E-state index >= 15 is 0 Å². The van der Waals surface area contributed by atoms with Crippen LogP contribution in [0.3, 0.4) is 0 Å². The van der Waals surface area contributed by atoms with Gasteiger partial charge in [0.05, 0.1) is 12.2 Å². The van der Waals surface area contributed by atoms with Crippen molar-refractivity contribution < 1.29 is 8.78 Å². The van der Waals surface area contributed by atoms with Gasteiger partial charge in [0.1, 0.15) is 11.6 Å². The van der Waals surface area contributed by atoms with Crippen LogP contribution in [-0.2, 0) is 6.54 Å². The highest BCUT2D eigenvalue weighted by Crippen LogP contribution is 2.38. The number of nitrogens with one attached hydrogen (secondary N) is 2. The van der Waals surface area contributed by atoms with Crippen molar-refractivity contribution in [3.8, 4) is 0 Å². The standard InChI is InChI=1S/C26H34F2N4/c1-7-31-26(29)12-8-9-16(2)25-18(4)17(3)22(14-32(25)15-26)20(6)30-13-21-10-11-23(27)19(5)24(21)28/h10-11,14,30-31H,2-3,6-9,12-13,15,29H2,1,4-5H3. The van der Waals surface area contributed by atoms with Crippen LogP contribution in [0.5, 0.6) is 0 Å². The Morgan fingerprint density at radius 2 is 1.97 bits per heavy atom. The molecule has 0 saturated carbocycles. The molecular weight excluding hydrogens is 406 g/mol. The van der Waals surface area contributed by atoms with E-state index in [0.29, 0.717) is 17.8 Å². The van der Waals surface area contributed by atoms with Gasteiger partial charge < -0.3 is 16.0 Å². The third kappa shape index (κ3) is 4.71. The molecule has 0 spiro atoms. The maximum absolute atomic E-state index is 14.4. The molecule has 2 aliphatic heterocycles. The molecule has 0 aliphatic carbocycles. The third-order valence-corrected chi connectivity index (χ3v) is 6.34. The Morgan fingerprint density at radius 1 is 1.25 bits per heavy atom. The molecule has 3 rings (SSSR count). The van der Waals surface area contributed by atoms with Gasteiger partial charge in [0.25, 0.3) is 0 Å². The van der Waals surface area contributed by atoms with Crippen LogP contribution in [0, 0.1) is 18.6 Å². The van der Waals surface area contributed by atoms with Gasteiger partial charge in [-0.15, -0.1) is 0 Å². The predicted octanol–water partition coefficient (Wildman–Crippen LogP) is 4.91.